The monoisotopic (exact) mass is 253 g/mol. The molecule has 3 nitrogen and oxygen atoms in total. The van der Waals surface area contributed by atoms with Gasteiger partial charge >= 0.3 is 0 Å². The molecular weight excluding hydrogens is 246 g/mol. The van der Waals surface area contributed by atoms with Crippen molar-refractivity contribution < 1.29 is 9.26 Å². The van der Waals surface area contributed by atoms with Crippen molar-refractivity contribution in [3.63, 3.8) is 0 Å². The number of methoxy groups -OCH3 is 1. The third-order valence-corrected chi connectivity index (χ3v) is 2.51. The van der Waals surface area contributed by atoms with Crippen molar-refractivity contribution in [2.75, 3.05) is 7.11 Å². The van der Waals surface area contributed by atoms with Crippen LogP contribution in [-0.2, 0) is 0 Å². The molecular formula is C10H8BrNO2. The van der Waals surface area contributed by atoms with Gasteiger partial charge in [0.15, 0.2) is 0 Å². The zero-order chi connectivity index (χ0) is 9.97. The SMILES string of the molecule is COc1c(Br)cccc1-c1ccon1. The second kappa shape index (κ2) is 3.84. The van der Waals surface area contributed by atoms with Crippen molar-refractivity contribution in [2.45, 2.75) is 0 Å². The predicted molar refractivity (Wildman–Crippen MR) is 56.2 cm³/mol. The Morgan fingerprint density at radius 3 is 2.86 bits per heavy atom. The summed E-state index contributed by atoms with van der Waals surface area (Å²) in [5.74, 6) is 0.765. The third kappa shape index (κ3) is 1.53. The van der Waals surface area contributed by atoms with Crippen LogP contribution in [0.25, 0.3) is 11.3 Å². The van der Waals surface area contributed by atoms with Gasteiger partial charge in [-0.15, -0.1) is 0 Å². The predicted octanol–water partition coefficient (Wildman–Crippen LogP) is 3.11. The summed E-state index contributed by atoms with van der Waals surface area (Å²) in [6.07, 6.45) is 1.54. The first-order valence-electron chi connectivity index (χ1n) is 4.06. The summed E-state index contributed by atoms with van der Waals surface area (Å²) in [7, 11) is 1.63. The van der Waals surface area contributed by atoms with Gasteiger partial charge in [-0.1, -0.05) is 11.2 Å². The minimum Gasteiger partial charge on any atom is -0.495 e. The minimum absolute atomic E-state index is 0.765. The molecule has 0 amide bonds. The molecule has 2 aromatic rings. The molecule has 0 unspecified atom stereocenters. The van der Waals surface area contributed by atoms with E-state index in [2.05, 4.69) is 21.1 Å². The lowest BCUT2D eigenvalue weighted by atomic mass is 10.1. The van der Waals surface area contributed by atoms with E-state index in [1.807, 2.05) is 18.2 Å². The molecule has 0 saturated heterocycles. The maximum atomic E-state index is 5.27. The van der Waals surface area contributed by atoms with Gasteiger partial charge in [0.2, 0.25) is 0 Å². The number of halogens is 1. The summed E-state index contributed by atoms with van der Waals surface area (Å²) >= 11 is 3.41. The summed E-state index contributed by atoms with van der Waals surface area (Å²) < 4.78 is 11.0. The highest BCUT2D eigenvalue weighted by atomic mass is 79.9. The maximum Gasteiger partial charge on any atom is 0.142 e. The average molecular weight is 254 g/mol. The Balaban J connectivity index is 2.58. The lowest BCUT2D eigenvalue weighted by Gasteiger charge is -2.07. The Hall–Kier alpha value is -1.29. The van der Waals surface area contributed by atoms with E-state index in [4.69, 9.17) is 9.26 Å². The molecule has 0 fully saturated rings. The Bertz CT molecular complexity index is 426. The summed E-state index contributed by atoms with van der Waals surface area (Å²) in [5, 5.41) is 3.86. The lowest BCUT2D eigenvalue weighted by Crippen LogP contribution is -1.88. The maximum absolute atomic E-state index is 5.27. The van der Waals surface area contributed by atoms with Crippen LogP contribution in [0.15, 0.2) is 39.5 Å². The van der Waals surface area contributed by atoms with Gasteiger partial charge in [-0.2, -0.15) is 0 Å². The highest BCUT2D eigenvalue weighted by Crippen LogP contribution is 2.34. The zero-order valence-electron chi connectivity index (χ0n) is 7.53. The number of hydrogen-bond donors (Lipinski definition) is 0. The number of aromatic nitrogens is 1. The number of para-hydroxylation sites is 1. The number of benzene rings is 1. The van der Waals surface area contributed by atoms with Crippen LogP contribution in [-0.4, -0.2) is 12.3 Å². The smallest absolute Gasteiger partial charge is 0.142 e. The molecule has 0 atom stereocenters. The van der Waals surface area contributed by atoms with Crippen molar-refractivity contribution in [1.82, 2.24) is 5.16 Å². The van der Waals surface area contributed by atoms with E-state index in [-0.39, 0.29) is 0 Å². The molecule has 0 radical (unpaired) electrons. The largest absolute Gasteiger partial charge is 0.495 e. The first kappa shape index (κ1) is 9.27. The van der Waals surface area contributed by atoms with Crippen molar-refractivity contribution in [1.29, 1.82) is 0 Å². The van der Waals surface area contributed by atoms with Gasteiger partial charge in [0, 0.05) is 11.6 Å². The van der Waals surface area contributed by atoms with Gasteiger partial charge in [0.05, 0.1) is 11.6 Å². The Kier molecular flexibility index (Phi) is 2.54. The van der Waals surface area contributed by atoms with Crippen LogP contribution in [0, 0.1) is 0 Å². The molecule has 0 spiro atoms. The molecule has 1 aromatic carbocycles. The topological polar surface area (TPSA) is 35.3 Å². The Morgan fingerprint density at radius 1 is 1.36 bits per heavy atom. The number of ether oxygens (including phenoxy) is 1. The van der Waals surface area contributed by atoms with Gasteiger partial charge in [-0.25, -0.2) is 0 Å². The highest BCUT2D eigenvalue weighted by molar-refractivity contribution is 9.10. The standard InChI is InChI=1S/C10H8BrNO2/c1-13-10-7(3-2-4-8(10)11)9-5-6-14-12-9/h2-6H,1H3. The second-order valence-electron chi connectivity index (χ2n) is 2.71. The first-order chi connectivity index (χ1) is 6.83. The fourth-order valence-corrected chi connectivity index (χ4v) is 1.80. The van der Waals surface area contributed by atoms with E-state index in [1.165, 1.54) is 6.26 Å². The van der Waals surface area contributed by atoms with Crippen molar-refractivity contribution in [2.24, 2.45) is 0 Å². The van der Waals surface area contributed by atoms with Gasteiger partial charge in [0.1, 0.15) is 17.7 Å². The lowest BCUT2D eigenvalue weighted by molar-refractivity contribution is 0.409. The highest BCUT2D eigenvalue weighted by Gasteiger charge is 2.10. The molecule has 0 bridgehead atoms. The zero-order valence-corrected chi connectivity index (χ0v) is 9.11. The number of hydrogen-bond acceptors (Lipinski definition) is 3. The van der Waals surface area contributed by atoms with Crippen LogP contribution in [0.4, 0.5) is 0 Å². The molecule has 0 aliphatic rings. The summed E-state index contributed by atoms with van der Waals surface area (Å²) in [6, 6.07) is 7.57. The molecule has 2 rings (SSSR count). The fraction of sp³-hybridized carbons (Fsp3) is 0.100. The number of rotatable bonds is 2. The molecule has 0 N–H and O–H groups in total. The average Bonchev–Trinajstić information content (AvgIpc) is 2.70. The molecule has 0 aliphatic carbocycles. The van der Waals surface area contributed by atoms with Gasteiger partial charge < -0.3 is 9.26 Å². The van der Waals surface area contributed by atoms with E-state index < -0.39 is 0 Å². The van der Waals surface area contributed by atoms with Crippen LogP contribution in [0.1, 0.15) is 0 Å². The van der Waals surface area contributed by atoms with Crippen molar-refractivity contribution >= 4 is 15.9 Å². The van der Waals surface area contributed by atoms with E-state index in [0.29, 0.717) is 0 Å². The van der Waals surface area contributed by atoms with Crippen LogP contribution < -0.4 is 4.74 Å². The molecule has 0 saturated carbocycles. The number of nitrogens with zero attached hydrogens (tertiary/aromatic N) is 1. The van der Waals surface area contributed by atoms with E-state index in [0.717, 1.165) is 21.5 Å². The second-order valence-corrected chi connectivity index (χ2v) is 3.56. The van der Waals surface area contributed by atoms with Crippen LogP contribution in [0.5, 0.6) is 5.75 Å². The molecule has 0 aliphatic heterocycles. The molecule has 1 heterocycles. The van der Waals surface area contributed by atoms with Crippen LogP contribution in [0.2, 0.25) is 0 Å². The third-order valence-electron chi connectivity index (χ3n) is 1.88. The van der Waals surface area contributed by atoms with Gasteiger partial charge in [-0.3, -0.25) is 0 Å². The molecule has 4 heteroatoms. The van der Waals surface area contributed by atoms with Crippen LogP contribution >= 0.6 is 15.9 Å². The minimum atomic E-state index is 0.765. The molecule has 72 valence electrons. The van der Waals surface area contributed by atoms with Crippen molar-refractivity contribution in [3.05, 3.63) is 35.0 Å². The van der Waals surface area contributed by atoms with Crippen LogP contribution in [0.3, 0.4) is 0 Å². The molecule has 14 heavy (non-hydrogen) atoms. The van der Waals surface area contributed by atoms with E-state index in [9.17, 15) is 0 Å². The Labute approximate surface area is 89.8 Å². The van der Waals surface area contributed by atoms with E-state index >= 15 is 0 Å². The summed E-state index contributed by atoms with van der Waals surface area (Å²) in [4.78, 5) is 0. The van der Waals surface area contributed by atoms with Crippen molar-refractivity contribution in [3.8, 4) is 17.0 Å². The Morgan fingerprint density at radius 2 is 2.21 bits per heavy atom. The summed E-state index contributed by atoms with van der Waals surface area (Å²) in [5.41, 5.74) is 1.68. The van der Waals surface area contributed by atoms with E-state index in [1.54, 1.807) is 13.2 Å². The quantitative estimate of drug-likeness (QED) is 0.825. The normalized spacial score (nSPS) is 10.1. The van der Waals surface area contributed by atoms with Gasteiger partial charge in [0.25, 0.3) is 0 Å². The fourth-order valence-electron chi connectivity index (χ4n) is 1.27. The molecule has 1 aromatic heterocycles. The first-order valence-corrected chi connectivity index (χ1v) is 4.85. The summed E-state index contributed by atoms with van der Waals surface area (Å²) in [6.45, 7) is 0. The van der Waals surface area contributed by atoms with Gasteiger partial charge in [-0.05, 0) is 28.1 Å².